The number of nitrogens with zero attached hydrogens (tertiary/aromatic N) is 5. The molecule has 2 aromatic heterocycles. The number of esters is 1. The lowest BCUT2D eigenvalue weighted by Crippen LogP contribution is -2.47. The molecule has 1 saturated heterocycles. The number of aryl methyl sites for hydroxylation is 1. The van der Waals surface area contributed by atoms with Gasteiger partial charge in [0.1, 0.15) is 19.1 Å². The maximum Gasteiger partial charge on any atom is 0.323 e. The van der Waals surface area contributed by atoms with Gasteiger partial charge in [-0.15, -0.1) is 0 Å². The number of nitrogen functional groups attached to an aromatic ring is 1. The Balaban J connectivity index is 1.42. The largest absolute Gasteiger partial charge is 0.462 e. The summed E-state index contributed by atoms with van der Waals surface area (Å²) in [5.74, 6) is -3.35. The molecule has 16 heteroatoms. The highest BCUT2D eigenvalue weighted by Crippen LogP contribution is 2.52. The lowest BCUT2D eigenvalue weighted by atomic mass is 9.97. The number of hydrogen-bond donors (Lipinski definition) is 3. The van der Waals surface area contributed by atoms with E-state index in [1.165, 1.54) is 10.9 Å². The molecule has 254 valence electrons. The fraction of sp³-hybridized carbons (Fsp3) is 0.484. The fourth-order valence-corrected chi connectivity index (χ4v) is 8.44. The average molecular weight is 692 g/mol. The number of fused-ring (bicyclic) bond motifs is 2. The number of carbonyl (C=O) groups excluding carboxylic acids is 1. The standard InChI is InChI=1S/C31H40F2N7O5PS/c1-18(2)44-26(41)19(3)38-46(47,15-14-21-12-9-11-20-10-7-8-13-22(20)21)43-16-31(33)27(42)30(4,32)28(45-31)40-17-35-23-24(39(5)6)36-29(34)37-25(23)40/h7-13,17-19,27-28,42H,14-16H2,1-6H3,(H,38,47)(H2,34,36,37)/t19-,27+,28-,30-,31-,46?/m1/s1. The molecule has 0 spiro atoms. The number of rotatable bonds is 12. The first-order valence-corrected chi connectivity index (χ1v) is 18.0. The van der Waals surface area contributed by atoms with Gasteiger partial charge in [0.05, 0.1) is 12.4 Å². The van der Waals surface area contributed by atoms with Gasteiger partial charge in [0.15, 0.2) is 35.0 Å². The number of nitrogens with one attached hydrogen (secondary N) is 1. The summed E-state index contributed by atoms with van der Waals surface area (Å²) in [4.78, 5) is 27.0. The third kappa shape index (κ3) is 7.10. The Morgan fingerprint density at radius 2 is 1.91 bits per heavy atom. The molecule has 4 aromatic rings. The number of aliphatic hydroxyl groups excluding tert-OH is 1. The molecule has 0 radical (unpaired) electrons. The number of hydrogen-bond acceptors (Lipinski definition) is 11. The van der Waals surface area contributed by atoms with Crippen molar-refractivity contribution in [3.8, 4) is 0 Å². The van der Waals surface area contributed by atoms with Crippen LogP contribution in [0.5, 0.6) is 0 Å². The predicted molar refractivity (Wildman–Crippen MR) is 180 cm³/mol. The van der Waals surface area contributed by atoms with Gasteiger partial charge in [-0.25, -0.2) is 13.8 Å². The summed E-state index contributed by atoms with van der Waals surface area (Å²) < 4.78 is 51.1. The Kier molecular flexibility index (Phi) is 9.89. The Morgan fingerprint density at radius 3 is 2.62 bits per heavy atom. The smallest absolute Gasteiger partial charge is 0.323 e. The van der Waals surface area contributed by atoms with Crippen molar-refractivity contribution in [2.45, 2.75) is 70.1 Å². The minimum Gasteiger partial charge on any atom is -0.462 e. The SMILES string of the molecule is CC(C)OC(=O)[C@@H](C)NP(=S)(CCc1cccc2ccccc12)OC[C@@]1(F)O[C@@H](n2cnc3c(N(C)C)nc(N)nc32)[C@](C)(F)[C@@H]1O. The van der Waals surface area contributed by atoms with Crippen LogP contribution < -0.4 is 15.7 Å². The van der Waals surface area contributed by atoms with Crippen molar-refractivity contribution in [1.82, 2.24) is 24.6 Å². The zero-order chi connectivity index (χ0) is 34.3. The summed E-state index contributed by atoms with van der Waals surface area (Å²) in [7, 11) is 3.45. The van der Waals surface area contributed by atoms with E-state index in [-0.39, 0.29) is 29.4 Å². The summed E-state index contributed by atoms with van der Waals surface area (Å²) in [5, 5.41) is 16.2. The molecule has 1 aliphatic heterocycles. The second-order valence-corrected chi connectivity index (χ2v) is 16.4. The second-order valence-electron chi connectivity index (χ2n) is 12.3. The van der Waals surface area contributed by atoms with Crippen LogP contribution in [0.4, 0.5) is 20.5 Å². The van der Waals surface area contributed by atoms with Gasteiger partial charge in [0.25, 0.3) is 5.85 Å². The molecule has 6 atom stereocenters. The third-order valence-electron chi connectivity index (χ3n) is 7.95. The van der Waals surface area contributed by atoms with Crippen LogP contribution >= 0.6 is 6.42 Å². The van der Waals surface area contributed by atoms with E-state index in [0.29, 0.717) is 12.2 Å². The molecule has 1 unspecified atom stereocenters. The molecule has 0 aliphatic carbocycles. The molecule has 1 aliphatic rings. The van der Waals surface area contributed by atoms with E-state index in [1.807, 2.05) is 42.5 Å². The summed E-state index contributed by atoms with van der Waals surface area (Å²) in [6.45, 7) is 5.11. The van der Waals surface area contributed by atoms with Crippen LogP contribution in [0, 0.1) is 0 Å². The Hall–Kier alpha value is -3.33. The molecule has 0 saturated carbocycles. The number of imidazole rings is 1. The third-order valence-corrected chi connectivity index (χ3v) is 11.3. The van der Waals surface area contributed by atoms with Gasteiger partial charge in [0.2, 0.25) is 5.95 Å². The average Bonchev–Trinajstić information content (AvgIpc) is 3.50. The molecule has 47 heavy (non-hydrogen) atoms. The Bertz CT molecular complexity index is 1820. The minimum absolute atomic E-state index is 0.0896. The summed E-state index contributed by atoms with van der Waals surface area (Å²) in [6.07, 6.45) is -5.77. The van der Waals surface area contributed by atoms with Crippen molar-refractivity contribution in [1.29, 1.82) is 0 Å². The van der Waals surface area contributed by atoms with E-state index in [2.05, 4.69) is 20.0 Å². The summed E-state index contributed by atoms with van der Waals surface area (Å²) >= 11 is 5.96. The minimum atomic E-state index is -3.26. The van der Waals surface area contributed by atoms with Crippen LogP contribution in [0.2, 0.25) is 0 Å². The van der Waals surface area contributed by atoms with Crippen molar-refractivity contribution < 1.29 is 32.7 Å². The molecule has 2 aromatic carbocycles. The second kappa shape index (κ2) is 13.3. The molecule has 3 heterocycles. The normalized spacial score (nSPS) is 24.9. The molecular formula is C31H40F2N7O5PS. The van der Waals surface area contributed by atoms with E-state index in [4.69, 9.17) is 31.5 Å². The van der Waals surface area contributed by atoms with E-state index >= 15 is 8.78 Å². The molecule has 12 nitrogen and oxygen atoms in total. The first-order valence-electron chi connectivity index (χ1n) is 15.1. The number of halogens is 2. The van der Waals surface area contributed by atoms with E-state index in [1.54, 1.807) is 39.8 Å². The zero-order valence-corrected chi connectivity index (χ0v) is 28.8. The highest BCUT2D eigenvalue weighted by Gasteiger charge is 2.65. The number of nitrogens with two attached hydrogens (primary N) is 1. The molecule has 0 amide bonds. The van der Waals surface area contributed by atoms with Crippen LogP contribution in [-0.2, 0) is 37.0 Å². The van der Waals surface area contributed by atoms with Gasteiger partial charge in [-0.2, -0.15) is 9.97 Å². The number of benzene rings is 2. The van der Waals surface area contributed by atoms with Gasteiger partial charge in [-0.1, -0.05) is 54.3 Å². The van der Waals surface area contributed by atoms with Gasteiger partial charge in [-0.3, -0.25) is 14.4 Å². The first-order chi connectivity index (χ1) is 22.0. The highest BCUT2D eigenvalue weighted by molar-refractivity contribution is 8.11. The maximum atomic E-state index is 16.6. The van der Waals surface area contributed by atoms with E-state index in [0.717, 1.165) is 23.3 Å². The van der Waals surface area contributed by atoms with Gasteiger partial charge < -0.3 is 29.7 Å². The van der Waals surface area contributed by atoms with E-state index in [9.17, 15) is 9.90 Å². The number of anilines is 2. The van der Waals surface area contributed by atoms with Crippen LogP contribution in [-0.4, -0.2) is 87.2 Å². The van der Waals surface area contributed by atoms with Crippen molar-refractivity contribution in [3.63, 3.8) is 0 Å². The quantitative estimate of drug-likeness (QED) is 0.143. The van der Waals surface area contributed by atoms with Crippen molar-refractivity contribution in [2.24, 2.45) is 0 Å². The van der Waals surface area contributed by atoms with E-state index < -0.39 is 48.9 Å². The van der Waals surface area contributed by atoms with Crippen LogP contribution in [0.1, 0.15) is 39.5 Å². The lowest BCUT2D eigenvalue weighted by molar-refractivity contribution is -0.201. The predicted octanol–water partition coefficient (Wildman–Crippen LogP) is 4.41. The molecule has 5 rings (SSSR count). The number of ether oxygens (including phenoxy) is 2. The number of carbonyl (C=O) groups is 1. The zero-order valence-electron chi connectivity index (χ0n) is 27.1. The summed E-state index contributed by atoms with van der Waals surface area (Å²) in [6, 6.07) is 12.9. The first kappa shape index (κ1) is 35.0. The molecule has 4 N–H and O–H groups in total. The van der Waals surface area contributed by atoms with Gasteiger partial charge >= 0.3 is 5.97 Å². The summed E-state index contributed by atoms with van der Waals surface area (Å²) in [5.41, 5.74) is 4.59. The molecule has 0 bridgehead atoms. The van der Waals surface area contributed by atoms with Crippen LogP contribution in [0.15, 0.2) is 48.8 Å². The number of alkyl halides is 2. The molecule has 1 fully saturated rings. The Labute approximate surface area is 276 Å². The number of aliphatic hydroxyl groups is 1. The monoisotopic (exact) mass is 691 g/mol. The van der Waals surface area contributed by atoms with Gasteiger partial charge in [-0.05, 0) is 50.5 Å². The maximum absolute atomic E-state index is 16.6. The molecular weight excluding hydrogens is 651 g/mol. The van der Waals surface area contributed by atoms with Crippen molar-refractivity contribution in [2.75, 3.05) is 37.5 Å². The highest BCUT2D eigenvalue weighted by atomic mass is 32.4. The van der Waals surface area contributed by atoms with Crippen LogP contribution in [0.25, 0.3) is 21.9 Å². The number of aromatic nitrogens is 4. The lowest BCUT2D eigenvalue weighted by Gasteiger charge is -2.31. The van der Waals surface area contributed by atoms with Crippen molar-refractivity contribution >= 4 is 57.9 Å². The van der Waals surface area contributed by atoms with Crippen LogP contribution in [0.3, 0.4) is 0 Å². The topological polar surface area (TPSA) is 150 Å². The Morgan fingerprint density at radius 1 is 1.21 bits per heavy atom. The van der Waals surface area contributed by atoms with Gasteiger partial charge in [0, 0.05) is 20.3 Å². The fourth-order valence-electron chi connectivity index (χ4n) is 5.58. The van der Waals surface area contributed by atoms with Crippen molar-refractivity contribution in [3.05, 3.63) is 54.4 Å².